The fourth-order valence-corrected chi connectivity index (χ4v) is 3.59. The van der Waals surface area contributed by atoms with E-state index in [0.717, 1.165) is 28.3 Å². The summed E-state index contributed by atoms with van der Waals surface area (Å²) in [4.78, 5) is 9.26. The summed E-state index contributed by atoms with van der Waals surface area (Å²) in [5.41, 5.74) is 9.72. The zero-order valence-corrected chi connectivity index (χ0v) is 19.7. The third-order valence-corrected chi connectivity index (χ3v) is 5.34. The van der Waals surface area contributed by atoms with Crippen molar-refractivity contribution in [3.8, 4) is 22.8 Å². The first-order chi connectivity index (χ1) is 16.0. The van der Waals surface area contributed by atoms with Crippen molar-refractivity contribution in [3.05, 3.63) is 89.2 Å². The van der Waals surface area contributed by atoms with Crippen LogP contribution < -0.4 is 20.9 Å². The minimum absolute atomic E-state index is 0.344. The van der Waals surface area contributed by atoms with Gasteiger partial charge in [0.25, 0.3) is 0 Å². The van der Waals surface area contributed by atoms with Crippen LogP contribution in [0, 0.1) is 11.7 Å². The van der Waals surface area contributed by atoms with E-state index in [4.69, 9.17) is 34.2 Å². The van der Waals surface area contributed by atoms with Crippen LogP contribution in [0.25, 0.3) is 17.1 Å². The van der Waals surface area contributed by atoms with E-state index in [9.17, 15) is 0 Å². The van der Waals surface area contributed by atoms with Gasteiger partial charge in [0.15, 0.2) is 10.9 Å². The van der Waals surface area contributed by atoms with Crippen molar-refractivity contribution >= 4 is 41.2 Å². The lowest BCUT2D eigenvalue weighted by Gasteiger charge is -2.18. The molecule has 0 amide bonds. The summed E-state index contributed by atoms with van der Waals surface area (Å²) < 4.78 is 7.34. The van der Waals surface area contributed by atoms with Gasteiger partial charge in [0.05, 0.1) is 12.8 Å². The number of aromatic nitrogens is 3. The van der Waals surface area contributed by atoms with E-state index in [1.54, 1.807) is 11.7 Å². The molecule has 0 unspecified atom stereocenters. The lowest BCUT2D eigenvalue weighted by atomic mass is 10.2. The number of ether oxygens (including phenoxy) is 1. The number of nitrogens with one attached hydrogen (secondary N) is 3. The van der Waals surface area contributed by atoms with Crippen molar-refractivity contribution in [1.82, 2.24) is 20.0 Å². The maximum Gasteiger partial charge on any atom is 0.230 e. The summed E-state index contributed by atoms with van der Waals surface area (Å²) in [7, 11) is 1.62. The van der Waals surface area contributed by atoms with Gasteiger partial charge in [0.1, 0.15) is 5.75 Å². The lowest BCUT2D eigenvalue weighted by molar-refractivity contribution is 0.414. The molecule has 0 aliphatic carbocycles. The van der Waals surface area contributed by atoms with E-state index < -0.39 is 0 Å². The van der Waals surface area contributed by atoms with E-state index >= 15 is 0 Å². The van der Waals surface area contributed by atoms with E-state index in [2.05, 4.69) is 21.2 Å². The molecule has 0 spiro atoms. The molecule has 166 valence electrons. The fraction of sp³-hybridized carbons (Fsp3) is 0.0833. The molecular formula is C24H22N6OS2. The molecule has 0 saturated heterocycles. The molecule has 1 heterocycles. The minimum atomic E-state index is 0.344. The average molecular weight is 475 g/mol. The Morgan fingerprint density at radius 3 is 2.30 bits per heavy atom. The molecule has 0 aliphatic heterocycles. The van der Waals surface area contributed by atoms with Crippen molar-refractivity contribution in [2.75, 3.05) is 17.9 Å². The van der Waals surface area contributed by atoms with Crippen LogP contribution in [0.3, 0.4) is 0 Å². The molecule has 0 fully saturated rings. The van der Waals surface area contributed by atoms with Crippen molar-refractivity contribution < 1.29 is 4.74 Å². The van der Waals surface area contributed by atoms with Gasteiger partial charge in [-0.05, 0) is 67.3 Å². The van der Waals surface area contributed by atoms with Crippen molar-refractivity contribution in [1.29, 1.82) is 0 Å². The molecular weight excluding hydrogens is 452 g/mol. The predicted molar refractivity (Wildman–Crippen MR) is 138 cm³/mol. The number of methoxy groups -OCH3 is 1. The second-order valence-corrected chi connectivity index (χ2v) is 7.85. The van der Waals surface area contributed by atoms with Crippen LogP contribution in [0.4, 0.5) is 11.6 Å². The summed E-state index contributed by atoms with van der Waals surface area (Å²) in [6.45, 7) is 2.01. The van der Waals surface area contributed by atoms with E-state index in [1.807, 2.05) is 85.8 Å². The quantitative estimate of drug-likeness (QED) is 0.257. The number of hydrogen-bond acceptors (Lipinski definition) is 6. The van der Waals surface area contributed by atoms with Gasteiger partial charge in [0, 0.05) is 11.3 Å². The number of hydrazine groups is 1. The Morgan fingerprint density at radius 2 is 1.61 bits per heavy atom. The van der Waals surface area contributed by atoms with Gasteiger partial charge in [-0.2, -0.15) is 9.97 Å². The molecule has 9 heteroatoms. The van der Waals surface area contributed by atoms with Crippen LogP contribution in [0.15, 0.2) is 78.9 Å². The van der Waals surface area contributed by atoms with E-state index in [0.29, 0.717) is 21.7 Å². The number of thiocarbonyl (C=S) groups is 1. The Bertz CT molecular complexity index is 1320. The number of hydrogen-bond donors (Lipinski definition) is 3. The number of anilines is 2. The third-order valence-electron chi connectivity index (χ3n) is 4.86. The van der Waals surface area contributed by atoms with Gasteiger partial charge in [-0.25, -0.2) is 0 Å². The summed E-state index contributed by atoms with van der Waals surface area (Å²) >= 11 is 11.1. The van der Waals surface area contributed by atoms with Gasteiger partial charge < -0.3 is 10.1 Å². The summed E-state index contributed by atoms with van der Waals surface area (Å²) in [6, 6.07) is 25.0. The molecule has 3 aromatic carbocycles. The summed E-state index contributed by atoms with van der Waals surface area (Å²) in [5.74, 6) is 1.68. The zero-order chi connectivity index (χ0) is 23.2. The van der Waals surface area contributed by atoms with Crippen LogP contribution in [0.1, 0.15) is 5.56 Å². The number of rotatable bonds is 6. The highest BCUT2D eigenvalue weighted by Crippen LogP contribution is 2.22. The smallest absolute Gasteiger partial charge is 0.230 e. The zero-order valence-electron chi connectivity index (χ0n) is 18.1. The van der Waals surface area contributed by atoms with Crippen molar-refractivity contribution in [2.45, 2.75) is 6.92 Å². The van der Waals surface area contributed by atoms with Gasteiger partial charge in [0.2, 0.25) is 10.7 Å². The van der Waals surface area contributed by atoms with Crippen LogP contribution in [-0.2, 0) is 0 Å². The monoisotopic (exact) mass is 474 g/mol. The van der Waals surface area contributed by atoms with Crippen molar-refractivity contribution in [2.24, 2.45) is 0 Å². The van der Waals surface area contributed by atoms with Crippen LogP contribution >= 0.6 is 24.4 Å². The number of para-hydroxylation sites is 1. The van der Waals surface area contributed by atoms with Crippen LogP contribution in [0.5, 0.6) is 5.75 Å². The molecule has 3 N–H and O–H groups in total. The molecule has 7 nitrogen and oxygen atoms in total. The van der Waals surface area contributed by atoms with Crippen molar-refractivity contribution in [3.63, 3.8) is 0 Å². The molecule has 0 bridgehead atoms. The Hall–Kier alpha value is -3.82. The van der Waals surface area contributed by atoms with E-state index in [-0.39, 0.29) is 0 Å². The van der Waals surface area contributed by atoms with Crippen LogP contribution in [-0.4, -0.2) is 26.8 Å². The molecule has 0 atom stereocenters. The Labute approximate surface area is 202 Å². The lowest BCUT2D eigenvalue weighted by Crippen LogP contribution is -2.35. The summed E-state index contributed by atoms with van der Waals surface area (Å²) in [6.07, 6.45) is 0. The van der Waals surface area contributed by atoms with Gasteiger partial charge >= 0.3 is 0 Å². The number of aryl methyl sites for hydroxylation is 1. The molecule has 0 aliphatic rings. The average Bonchev–Trinajstić information content (AvgIpc) is 2.84. The normalized spacial score (nSPS) is 10.4. The maximum absolute atomic E-state index is 5.64. The first kappa shape index (κ1) is 22.4. The molecule has 1 aromatic heterocycles. The Balaban J connectivity index is 1.67. The van der Waals surface area contributed by atoms with Gasteiger partial charge in [-0.3, -0.25) is 15.4 Å². The Morgan fingerprint density at radius 1 is 0.909 bits per heavy atom. The fourth-order valence-electron chi connectivity index (χ4n) is 3.15. The minimum Gasteiger partial charge on any atom is -0.497 e. The van der Waals surface area contributed by atoms with E-state index in [1.165, 1.54) is 0 Å². The maximum atomic E-state index is 5.64. The Kier molecular flexibility index (Phi) is 6.92. The highest BCUT2D eigenvalue weighted by Gasteiger charge is 2.12. The standard InChI is InChI=1S/C24H22N6OS2/c1-16-8-6-7-11-20(16)25-23(32)29-28-22-26-21(17-9-4-3-5-10-17)27-24(33)30(22)18-12-14-19(31-2)15-13-18/h3-15H,1-2H3,(H2,25,29,32)(H,26,27,28,33). The van der Waals surface area contributed by atoms with Gasteiger partial charge in [-0.1, -0.05) is 48.5 Å². The molecule has 4 rings (SSSR count). The topological polar surface area (TPSA) is 76.0 Å². The SMILES string of the molecule is COc1ccc(-n2c(NNC(=S)Nc3ccccc3C)nc(-c3ccccc3)nc2=S)cc1. The highest BCUT2D eigenvalue weighted by atomic mass is 32.1. The highest BCUT2D eigenvalue weighted by molar-refractivity contribution is 7.80. The largest absolute Gasteiger partial charge is 0.497 e. The summed E-state index contributed by atoms with van der Waals surface area (Å²) in [5, 5.41) is 3.56. The molecule has 4 aromatic rings. The number of benzene rings is 3. The predicted octanol–water partition coefficient (Wildman–Crippen LogP) is 5.29. The van der Waals surface area contributed by atoms with Gasteiger partial charge in [-0.15, -0.1) is 0 Å². The molecule has 33 heavy (non-hydrogen) atoms. The molecule has 0 saturated carbocycles. The van der Waals surface area contributed by atoms with Crippen LogP contribution in [0.2, 0.25) is 0 Å². The number of nitrogens with zero attached hydrogens (tertiary/aromatic N) is 3. The first-order valence-corrected chi connectivity index (χ1v) is 11.0. The molecule has 0 radical (unpaired) electrons. The second kappa shape index (κ2) is 10.2. The first-order valence-electron chi connectivity index (χ1n) is 10.1. The second-order valence-electron chi connectivity index (χ2n) is 7.07. The third kappa shape index (κ3) is 5.33.